The number of hydrogen-bond donors (Lipinski definition) is 0. The first-order chi connectivity index (χ1) is 10.3. The van der Waals surface area contributed by atoms with Crippen molar-refractivity contribution in [1.82, 2.24) is 0 Å². The molecule has 0 radical (unpaired) electrons. The van der Waals surface area contributed by atoms with Crippen LogP contribution in [0.5, 0.6) is 0 Å². The van der Waals surface area contributed by atoms with E-state index in [-0.39, 0.29) is 0 Å². The van der Waals surface area contributed by atoms with Crippen LogP contribution in [0.15, 0.2) is 41.3 Å². The second-order valence-corrected chi connectivity index (χ2v) is 7.00. The zero-order valence-electron chi connectivity index (χ0n) is 11.6. The Labute approximate surface area is 126 Å². The summed E-state index contributed by atoms with van der Waals surface area (Å²) < 4.78 is 66.2. The lowest BCUT2D eigenvalue weighted by atomic mass is 10.1. The maximum atomic E-state index is 13.4. The van der Waals surface area contributed by atoms with E-state index < -0.39 is 38.4 Å². The topological polar surface area (TPSA) is 37.4 Å². The van der Waals surface area contributed by atoms with Crippen molar-refractivity contribution in [3.63, 3.8) is 0 Å². The normalized spacial score (nSPS) is 17.6. The number of fused-ring (bicyclic) bond motifs is 1. The van der Waals surface area contributed by atoms with E-state index in [4.69, 9.17) is 0 Å². The molecule has 1 atom stereocenters. The standard InChI is InChI=1S/C15H12F3NO2S/c1-9-6-10-4-2-3-5-14(10)19(9)22(20,21)11-7-12(16)15(18)13(17)8-11/h2-5,7-9H,6H2,1H3/t9-/m1/s1. The number of hydrogen-bond acceptors (Lipinski definition) is 2. The summed E-state index contributed by atoms with van der Waals surface area (Å²) in [6, 6.07) is 7.52. The smallest absolute Gasteiger partial charge is 0.263 e. The zero-order chi connectivity index (χ0) is 16.1. The number of nitrogens with zero attached hydrogens (tertiary/aromatic N) is 1. The third-order valence-corrected chi connectivity index (χ3v) is 5.56. The summed E-state index contributed by atoms with van der Waals surface area (Å²) in [7, 11) is -4.18. The summed E-state index contributed by atoms with van der Waals surface area (Å²) in [4.78, 5) is -0.604. The average molecular weight is 327 g/mol. The molecule has 0 fully saturated rings. The molecule has 3 nitrogen and oxygen atoms in total. The molecular formula is C15H12F3NO2S. The second kappa shape index (κ2) is 5.01. The van der Waals surface area contributed by atoms with E-state index in [1.807, 2.05) is 0 Å². The van der Waals surface area contributed by atoms with Gasteiger partial charge in [0.15, 0.2) is 17.5 Å². The maximum Gasteiger partial charge on any atom is 0.264 e. The maximum absolute atomic E-state index is 13.4. The number of rotatable bonds is 2. The molecule has 7 heteroatoms. The molecular weight excluding hydrogens is 315 g/mol. The van der Waals surface area contributed by atoms with E-state index in [0.29, 0.717) is 24.2 Å². The fraction of sp³-hybridized carbons (Fsp3) is 0.200. The minimum atomic E-state index is -4.18. The fourth-order valence-corrected chi connectivity index (χ4v) is 4.42. The Hall–Kier alpha value is -2.02. The first-order valence-corrected chi connectivity index (χ1v) is 8.03. The summed E-state index contributed by atoms with van der Waals surface area (Å²) >= 11 is 0. The Morgan fingerprint density at radius 3 is 2.32 bits per heavy atom. The largest absolute Gasteiger partial charge is 0.264 e. The minimum absolute atomic E-state index is 0.390. The van der Waals surface area contributed by atoms with Crippen LogP contribution in [0.1, 0.15) is 12.5 Å². The Kier molecular flexibility index (Phi) is 3.40. The Balaban J connectivity index is 2.15. The average Bonchev–Trinajstić information content (AvgIpc) is 2.80. The van der Waals surface area contributed by atoms with E-state index in [0.717, 1.165) is 9.87 Å². The van der Waals surface area contributed by atoms with Gasteiger partial charge in [-0.3, -0.25) is 4.31 Å². The lowest BCUT2D eigenvalue weighted by molar-refractivity contribution is 0.442. The van der Waals surface area contributed by atoms with Gasteiger partial charge in [-0.05, 0) is 37.1 Å². The molecule has 0 aliphatic carbocycles. The lowest BCUT2D eigenvalue weighted by Gasteiger charge is -2.24. The van der Waals surface area contributed by atoms with E-state index in [1.165, 1.54) is 0 Å². The van der Waals surface area contributed by atoms with Crippen LogP contribution in [-0.2, 0) is 16.4 Å². The molecule has 116 valence electrons. The van der Waals surface area contributed by atoms with E-state index >= 15 is 0 Å². The molecule has 0 bridgehead atoms. The van der Waals surface area contributed by atoms with Crippen LogP contribution in [0.25, 0.3) is 0 Å². The summed E-state index contributed by atoms with van der Waals surface area (Å²) in [5.74, 6) is -4.74. The SMILES string of the molecule is C[C@@H]1Cc2ccccc2N1S(=O)(=O)c1cc(F)c(F)c(F)c1. The molecule has 0 N–H and O–H groups in total. The Morgan fingerprint density at radius 1 is 1.09 bits per heavy atom. The molecule has 0 aromatic heterocycles. The molecule has 1 heterocycles. The van der Waals surface area contributed by atoms with Crippen molar-refractivity contribution in [2.75, 3.05) is 4.31 Å². The Morgan fingerprint density at radius 2 is 1.68 bits per heavy atom. The highest BCUT2D eigenvalue weighted by Crippen LogP contribution is 2.36. The van der Waals surface area contributed by atoms with Gasteiger partial charge in [-0.2, -0.15) is 0 Å². The van der Waals surface area contributed by atoms with Gasteiger partial charge in [0, 0.05) is 6.04 Å². The third-order valence-electron chi connectivity index (χ3n) is 3.66. The van der Waals surface area contributed by atoms with Crippen molar-refractivity contribution in [3.05, 3.63) is 59.4 Å². The van der Waals surface area contributed by atoms with Gasteiger partial charge in [0.1, 0.15) is 0 Å². The second-order valence-electron chi connectivity index (χ2n) is 5.18. The van der Waals surface area contributed by atoms with Gasteiger partial charge in [-0.15, -0.1) is 0 Å². The first-order valence-electron chi connectivity index (χ1n) is 6.59. The molecule has 0 saturated carbocycles. The van der Waals surface area contributed by atoms with Gasteiger partial charge in [0.2, 0.25) is 0 Å². The van der Waals surface area contributed by atoms with Crippen LogP contribution < -0.4 is 4.31 Å². The summed E-state index contributed by atoms with van der Waals surface area (Å²) in [6.45, 7) is 1.70. The molecule has 0 amide bonds. The summed E-state index contributed by atoms with van der Waals surface area (Å²) in [5.41, 5.74) is 1.31. The van der Waals surface area contributed by atoms with Gasteiger partial charge < -0.3 is 0 Å². The molecule has 3 rings (SSSR count). The van der Waals surface area contributed by atoms with Crippen molar-refractivity contribution in [3.8, 4) is 0 Å². The zero-order valence-corrected chi connectivity index (χ0v) is 12.4. The quantitative estimate of drug-likeness (QED) is 0.794. The van der Waals surface area contributed by atoms with E-state index in [9.17, 15) is 21.6 Å². The fourth-order valence-electron chi connectivity index (χ4n) is 2.70. The van der Waals surface area contributed by atoms with Crippen LogP contribution in [0.2, 0.25) is 0 Å². The van der Waals surface area contributed by atoms with Crippen LogP contribution in [0, 0.1) is 17.5 Å². The molecule has 22 heavy (non-hydrogen) atoms. The number of halogens is 3. The van der Waals surface area contributed by atoms with Crippen LogP contribution >= 0.6 is 0 Å². The van der Waals surface area contributed by atoms with Crippen molar-refractivity contribution in [2.24, 2.45) is 0 Å². The molecule has 2 aromatic carbocycles. The molecule has 0 spiro atoms. The number of para-hydroxylation sites is 1. The lowest BCUT2D eigenvalue weighted by Crippen LogP contribution is -2.35. The summed E-state index contributed by atoms with van der Waals surface area (Å²) in [5, 5.41) is 0. The number of benzene rings is 2. The van der Waals surface area contributed by atoms with Crippen molar-refractivity contribution >= 4 is 15.7 Å². The van der Waals surface area contributed by atoms with Gasteiger partial charge in [-0.25, -0.2) is 21.6 Å². The van der Waals surface area contributed by atoms with Gasteiger partial charge >= 0.3 is 0 Å². The predicted molar refractivity (Wildman–Crippen MR) is 75.6 cm³/mol. The number of anilines is 1. The highest BCUT2D eigenvalue weighted by atomic mass is 32.2. The molecule has 0 saturated heterocycles. The van der Waals surface area contributed by atoms with Crippen LogP contribution in [0.3, 0.4) is 0 Å². The van der Waals surface area contributed by atoms with Gasteiger partial charge in [-0.1, -0.05) is 18.2 Å². The molecule has 2 aromatic rings. The minimum Gasteiger partial charge on any atom is -0.263 e. The van der Waals surface area contributed by atoms with Crippen molar-refractivity contribution in [1.29, 1.82) is 0 Å². The predicted octanol–water partition coefficient (Wildman–Crippen LogP) is 3.24. The van der Waals surface area contributed by atoms with Crippen molar-refractivity contribution < 1.29 is 21.6 Å². The number of sulfonamides is 1. The molecule has 1 aliphatic rings. The first kappa shape index (κ1) is 14.9. The Bertz CT molecular complexity index is 829. The van der Waals surface area contributed by atoms with E-state index in [2.05, 4.69) is 0 Å². The summed E-state index contributed by atoms with van der Waals surface area (Å²) in [6.07, 6.45) is 0.502. The highest BCUT2D eigenvalue weighted by Gasteiger charge is 2.36. The highest BCUT2D eigenvalue weighted by molar-refractivity contribution is 7.92. The van der Waals surface area contributed by atoms with E-state index in [1.54, 1.807) is 31.2 Å². The molecule has 1 aliphatic heterocycles. The van der Waals surface area contributed by atoms with Crippen LogP contribution in [-0.4, -0.2) is 14.5 Å². The molecule has 0 unspecified atom stereocenters. The monoisotopic (exact) mass is 327 g/mol. The van der Waals surface area contributed by atoms with Crippen molar-refractivity contribution in [2.45, 2.75) is 24.3 Å². The van der Waals surface area contributed by atoms with Gasteiger partial charge in [0.05, 0.1) is 10.6 Å². The van der Waals surface area contributed by atoms with Crippen LogP contribution in [0.4, 0.5) is 18.9 Å². The third kappa shape index (κ3) is 2.16. The van der Waals surface area contributed by atoms with Gasteiger partial charge in [0.25, 0.3) is 10.0 Å².